The van der Waals surface area contributed by atoms with Gasteiger partial charge in [-0.15, -0.1) is 0 Å². The first-order valence-electron chi connectivity index (χ1n) is 5.35. The molecule has 0 bridgehead atoms. The summed E-state index contributed by atoms with van der Waals surface area (Å²) in [5.74, 6) is 0.516. The van der Waals surface area contributed by atoms with Crippen LogP contribution in [0.2, 0.25) is 5.02 Å². The lowest BCUT2D eigenvalue weighted by Gasteiger charge is -1.97. The lowest BCUT2D eigenvalue weighted by Crippen LogP contribution is -1.98. The van der Waals surface area contributed by atoms with Crippen LogP contribution in [-0.2, 0) is 6.54 Å². The van der Waals surface area contributed by atoms with E-state index in [0.717, 1.165) is 18.5 Å². The summed E-state index contributed by atoms with van der Waals surface area (Å²) in [7, 11) is 0. The van der Waals surface area contributed by atoms with Crippen molar-refractivity contribution in [1.29, 1.82) is 0 Å². The Labute approximate surface area is 104 Å². The quantitative estimate of drug-likeness (QED) is 0.783. The third-order valence-electron chi connectivity index (χ3n) is 2.15. The molecule has 0 fully saturated rings. The van der Waals surface area contributed by atoms with E-state index < -0.39 is 0 Å². The Balaban J connectivity index is 2.14. The van der Waals surface area contributed by atoms with Gasteiger partial charge in [-0.3, -0.25) is 0 Å². The van der Waals surface area contributed by atoms with Crippen molar-refractivity contribution in [3.8, 4) is 0 Å². The van der Waals surface area contributed by atoms with Crippen LogP contribution < -0.4 is 0 Å². The van der Waals surface area contributed by atoms with Gasteiger partial charge < -0.3 is 0 Å². The summed E-state index contributed by atoms with van der Waals surface area (Å²) >= 11 is 5.80. The highest BCUT2D eigenvalue weighted by molar-refractivity contribution is 6.30. The molecule has 0 aliphatic rings. The molecule has 0 saturated carbocycles. The molecule has 5 nitrogen and oxygen atoms in total. The first-order valence-corrected chi connectivity index (χ1v) is 5.73. The van der Waals surface area contributed by atoms with Crippen LogP contribution in [0.15, 0.2) is 29.3 Å². The Kier molecular flexibility index (Phi) is 3.82. The number of hydrogen-bond acceptors (Lipinski definition) is 4. The van der Waals surface area contributed by atoms with Gasteiger partial charge in [0.05, 0.1) is 0 Å². The Hall–Kier alpha value is -1.75. The highest BCUT2D eigenvalue weighted by atomic mass is 35.5. The second-order valence-corrected chi connectivity index (χ2v) is 3.95. The number of nitrogens with zero attached hydrogens (tertiary/aromatic N) is 5. The minimum Gasteiger partial charge on any atom is -0.218 e. The third kappa shape index (κ3) is 3.10. The summed E-state index contributed by atoms with van der Waals surface area (Å²) in [5, 5.41) is 12.0. The Morgan fingerprint density at radius 1 is 1.35 bits per heavy atom. The molecule has 0 amide bonds. The molecule has 0 atom stereocenters. The van der Waals surface area contributed by atoms with Crippen molar-refractivity contribution < 1.29 is 0 Å². The van der Waals surface area contributed by atoms with Gasteiger partial charge in [0.2, 0.25) is 0 Å². The van der Waals surface area contributed by atoms with Gasteiger partial charge in [0.25, 0.3) is 5.95 Å². The van der Waals surface area contributed by atoms with Gasteiger partial charge >= 0.3 is 0 Å². The van der Waals surface area contributed by atoms with E-state index >= 15 is 0 Å². The average molecular weight is 250 g/mol. The number of rotatable bonds is 4. The van der Waals surface area contributed by atoms with Crippen LogP contribution in [0.3, 0.4) is 0 Å². The fourth-order valence-corrected chi connectivity index (χ4v) is 1.46. The molecular formula is C11H12ClN5. The zero-order valence-corrected chi connectivity index (χ0v) is 10.2. The normalized spacial score (nSPS) is 11.2. The van der Waals surface area contributed by atoms with Gasteiger partial charge in [0.1, 0.15) is 0 Å². The molecule has 1 aromatic heterocycles. The number of aromatic nitrogens is 4. The maximum Gasteiger partial charge on any atom is 0.269 e. The van der Waals surface area contributed by atoms with E-state index in [2.05, 4.69) is 27.4 Å². The third-order valence-corrected chi connectivity index (χ3v) is 2.40. The van der Waals surface area contributed by atoms with Gasteiger partial charge in [-0.25, -0.2) is 9.67 Å². The van der Waals surface area contributed by atoms with Gasteiger partial charge in [-0.2, -0.15) is 0 Å². The van der Waals surface area contributed by atoms with Crippen molar-refractivity contribution in [1.82, 2.24) is 20.2 Å². The molecule has 2 aromatic rings. The van der Waals surface area contributed by atoms with Crippen molar-refractivity contribution >= 4 is 23.8 Å². The first kappa shape index (κ1) is 11.7. The van der Waals surface area contributed by atoms with Gasteiger partial charge in [-0.05, 0) is 34.5 Å². The second kappa shape index (κ2) is 5.54. The molecule has 0 unspecified atom stereocenters. The first-order chi connectivity index (χ1) is 8.29. The molecule has 88 valence electrons. The molecule has 0 saturated heterocycles. The predicted octanol–water partition coefficient (Wildman–Crippen LogP) is 2.49. The SMILES string of the molecule is CCCn1nnnc1/N=C/c1ccc(Cl)cc1. The van der Waals surface area contributed by atoms with Crippen LogP contribution >= 0.6 is 11.6 Å². The zero-order valence-electron chi connectivity index (χ0n) is 9.41. The summed E-state index contributed by atoms with van der Waals surface area (Å²) in [5.41, 5.74) is 0.959. The molecule has 1 heterocycles. The maximum atomic E-state index is 5.80. The maximum absolute atomic E-state index is 5.80. The molecule has 1 aromatic carbocycles. The van der Waals surface area contributed by atoms with Crippen molar-refractivity contribution in [3.63, 3.8) is 0 Å². The molecule has 0 N–H and O–H groups in total. The summed E-state index contributed by atoms with van der Waals surface area (Å²) in [6, 6.07) is 7.41. The van der Waals surface area contributed by atoms with Crippen LogP contribution in [0.1, 0.15) is 18.9 Å². The Bertz CT molecular complexity index is 503. The van der Waals surface area contributed by atoms with Crippen molar-refractivity contribution in [2.45, 2.75) is 19.9 Å². The highest BCUT2D eigenvalue weighted by Gasteiger charge is 2.01. The summed E-state index contributed by atoms with van der Waals surface area (Å²) in [6.45, 7) is 2.83. The number of aryl methyl sites for hydroxylation is 1. The van der Waals surface area contributed by atoms with E-state index in [-0.39, 0.29) is 0 Å². The Morgan fingerprint density at radius 2 is 2.12 bits per heavy atom. The molecule has 6 heteroatoms. The minimum absolute atomic E-state index is 0.516. The number of hydrogen-bond donors (Lipinski definition) is 0. The lowest BCUT2D eigenvalue weighted by atomic mass is 10.2. The Morgan fingerprint density at radius 3 is 2.82 bits per heavy atom. The minimum atomic E-state index is 0.516. The lowest BCUT2D eigenvalue weighted by molar-refractivity contribution is 0.582. The van der Waals surface area contributed by atoms with Crippen LogP contribution in [0.4, 0.5) is 5.95 Å². The van der Waals surface area contributed by atoms with E-state index in [0.29, 0.717) is 11.0 Å². The zero-order chi connectivity index (χ0) is 12.1. The standard InChI is InChI=1S/C11H12ClN5/c1-2-7-17-11(14-15-16-17)13-8-9-3-5-10(12)6-4-9/h3-6,8H,2,7H2,1H3/b13-8+. The average Bonchev–Trinajstić information content (AvgIpc) is 2.77. The van der Waals surface area contributed by atoms with E-state index in [4.69, 9.17) is 11.6 Å². The molecule has 0 spiro atoms. The summed E-state index contributed by atoms with van der Waals surface area (Å²) in [4.78, 5) is 4.24. The van der Waals surface area contributed by atoms with Crippen molar-refractivity contribution in [2.24, 2.45) is 4.99 Å². The molecule has 0 radical (unpaired) electrons. The second-order valence-electron chi connectivity index (χ2n) is 3.51. The molecule has 17 heavy (non-hydrogen) atoms. The van der Waals surface area contributed by atoms with Crippen molar-refractivity contribution in [3.05, 3.63) is 34.9 Å². The highest BCUT2D eigenvalue weighted by Crippen LogP contribution is 2.10. The van der Waals surface area contributed by atoms with E-state index in [9.17, 15) is 0 Å². The van der Waals surface area contributed by atoms with Gasteiger partial charge in [0.15, 0.2) is 0 Å². The topological polar surface area (TPSA) is 56.0 Å². The van der Waals surface area contributed by atoms with E-state index in [1.165, 1.54) is 0 Å². The monoisotopic (exact) mass is 249 g/mol. The smallest absolute Gasteiger partial charge is 0.218 e. The van der Waals surface area contributed by atoms with Crippen LogP contribution in [0.25, 0.3) is 0 Å². The van der Waals surface area contributed by atoms with Crippen LogP contribution in [0.5, 0.6) is 0 Å². The van der Waals surface area contributed by atoms with Crippen molar-refractivity contribution in [2.75, 3.05) is 0 Å². The number of tetrazole rings is 1. The largest absolute Gasteiger partial charge is 0.269 e. The molecular weight excluding hydrogens is 238 g/mol. The summed E-state index contributed by atoms with van der Waals surface area (Å²) < 4.78 is 1.67. The van der Waals surface area contributed by atoms with Gasteiger partial charge in [-0.1, -0.05) is 35.8 Å². The van der Waals surface area contributed by atoms with Crippen LogP contribution in [0, 0.1) is 0 Å². The predicted molar refractivity (Wildman–Crippen MR) is 66.8 cm³/mol. The molecule has 2 rings (SSSR count). The number of aliphatic imine (C=N–C) groups is 1. The number of halogens is 1. The summed E-state index contributed by atoms with van der Waals surface area (Å²) in [6.07, 6.45) is 2.68. The fourth-order valence-electron chi connectivity index (χ4n) is 1.33. The van der Waals surface area contributed by atoms with Gasteiger partial charge in [0, 0.05) is 17.8 Å². The number of benzene rings is 1. The fraction of sp³-hybridized carbons (Fsp3) is 0.273. The van der Waals surface area contributed by atoms with E-state index in [1.807, 2.05) is 24.3 Å². The van der Waals surface area contributed by atoms with E-state index in [1.54, 1.807) is 10.9 Å². The molecule has 0 aliphatic heterocycles. The van der Waals surface area contributed by atoms with Crippen LogP contribution in [-0.4, -0.2) is 26.4 Å². The molecule has 0 aliphatic carbocycles.